The molecule has 1 rings (SSSR count). The predicted octanol–water partition coefficient (Wildman–Crippen LogP) is 0.311. The van der Waals surface area contributed by atoms with E-state index in [1.165, 1.54) is 0 Å². The van der Waals surface area contributed by atoms with Crippen molar-refractivity contribution >= 4 is 21.6 Å². The fourth-order valence-corrected chi connectivity index (χ4v) is 0.879. The van der Waals surface area contributed by atoms with Crippen LogP contribution >= 0.6 is 0 Å². The highest BCUT2D eigenvalue weighted by Crippen LogP contribution is 2.07. The lowest BCUT2D eigenvalue weighted by atomic mass is 10.1. The Kier molecular flexibility index (Phi) is 2.80. The van der Waals surface area contributed by atoms with Crippen molar-refractivity contribution in [3.05, 3.63) is 24.1 Å². The maximum Gasteiger partial charge on any atom is 0.325 e. The van der Waals surface area contributed by atoms with E-state index in [1.807, 2.05) is 0 Å². The van der Waals surface area contributed by atoms with Gasteiger partial charge in [0.2, 0.25) is 5.78 Å². The highest BCUT2D eigenvalue weighted by atomic mass is 32.2. The van der Waals surface area contributed by atoms with E-state index in [4.69, 9.17) is 0 Å². The number of nitrogens with zero attached hydrogens (tertiary/aromatic N) is 1. The maximum atomic E-state index is 12.6. The molecule has 0 saturated heterocycles. The Labute approximate surface area is 79.7 Å². The Morgan fingerprint density at radius 2 is 2.07 bits per heavy atom. The van der Waals surface area contributed by atoms with Gasteiger partial charge in [-0.05, 0) is 12.2 Å². The van der Waals surface area contributed by atoms with Crippen molar-refractivity contribution in [2.75, 3.05) is 6.26 Å². The number of carbonyl (C=O) groups excluding carboxylic acids is 1. The lowest BCUT2D eigenvalue weighted by Gasteiger charge is -1.99. The number of ketones is 1. The third kappa shape index (κ3) is 3.09. The van der Waals surface area contributed by atoms with Crippen molar-refractivity contribution in [1.29, 1.82) is 0 Å². The normalized spacial score (nSPS) is 19.7. The smallest absolute Gasteiger partial charge is 0.287 e. The first-order chi connectivity index (χ1) is 6.38. The summed E-state index contributed by atoms with van der Waals surface area (Å²) < 4.78 is 37.6. The highest BCUT2D eigenvalue weighted by molar-refractivity contribution is 7.85. The van der Waals surface area contributed by atoms with Gasteiger partial charge >= 0.3 is 10.1 Å². The minimum atomic E-state index is -3.71. The predicted molar refractivity (Wildman–Crippen MR) is 46.7 cm³/mol. The van der Waals surface area contributed by atoms with Gasteiger partial charge in [0, 0.05) is 6.08 Å². The van der Waals surface area contributed by atoms with E-state index in [-0.39, 0.29) is 5.71 Å². The molecule has 1 aliphatic rings. The molecule has 0 heterocycles. The summed E-state index contributed by atoms with van der Waals surface area (Å²) in [7, 11) is -3.71. The molecule has 0 N–H and O–H groups in total. The number of rotatable bonds is 2. The van der Waals surface area contributed by atoms with Crippen LogP contribution in [-0.2, 0) is 19.2 Å². The number of oxime groups is 1. The van der Waals surface area contributed by atoms with Gasteiger partial charge in [-0.1, -0.05) is 5.16 Å². The molecule has 0 aromatic rings. The van der Waals surface area contributed by atoms with Crippen molar-refractivity contribution in [2.24, 2.45) is 5.16 Å². The number of carbonyl (C=O) groups is 1. The van der Waals surface area contributed by atoms with Gasteiger partial charge in [-0.25, -0.2) is 4.39 Å². The molecule has 0 radical (unpaired) electrons. The zero-order valence-electron chi connectivity index (χ0n) is 7.10. The summed E-state index contributed by atoms with van der Waals surface area (Å²) in [5.41, 5.74) is -0.0764. The Morgan fingerprint density at radius 3 is 2.57 bits per heavy atom. The van der Waals surface area contributed by atoms with Gasteiger partial charge in [-0.15, -0.1) is 0 Å². The topological polar surface area (TPSA) is 72.8 Å². The zero-order valence-corrected chi connectivity index (χ0v) is 7.91. The lowest BCUT2D eigenvalue weighted by molar-refractivity contribution is -0.112. The standard InChI is InChI=1S/C7H6FNO4S/c1-14(11,12)13-9-5-2-3-7(10)6(8)4-5/h2-4H,1H3. The summed E-state index contributed by atoms with van der Waals surface area (Å²) in [5.74, 6) is -1.80. The molecule has 0 fully saturated rings. The first kappa shape index (κ1) is 10.6. The van der Waals surface area contributed by atoms with Crippen LogP contribution in [0.5, 0.6) is 0 Å². The summed E-state index contributed by atoms with van der Waals surface area (Å²) in [5, 5.41) is 3.11. The molecule has 1 aliphatic carbocycles. The molecule has 0 aromatic carbocycles. The van der Waals surface area contributed by atoms with Crippen LogP contribution in [0.2, 0.25) is 0 Å². The van der Waals surface area contributed by atoms with E-state index < -0.39 is 21.7 Å². The molecule has 7 heteroatoms. The summed E-state index contributed by atoms with van der Waals surface area (Å²) in [6, 6.07) is 0. The maximum absolute atomic E-state index is 12.6. The van der Waals surface area contributed by atoms with E-state index >= 15 is 0 Å². The van der Waals surface area contributed by atoms with Gasteiger partial charge in [-0.3, -0.25) is 9.08 Å². The third-order valence-corrected chi connectivity index (χ3v) is 1.54. The molecule has 0 saturated carbocycles. The molecule has 5 nitrogen and oxygen atoms in total. The average Bonchev–Trinajstić information content (AvgIpc) is 2.06. The number of hydrogen-bond acceptors (Lipinski definition) is 5. The highest BCUT2D eigenvalue weighted by Gasteiger charge is 2.12. The number of hydrogen-bond donors (Lipinski definition) is 0. The molecule has 0 bridgehead atoms. The molecule has 0 spiro atoms. The average molecular weight is 219 g/mol. The van der Waals surface area contributed by atoms with Gasteiger partial charge < -0.3 is 0 Å². The van der Waals surface area contributed by atoms with Crippen molar-refractivity contribution in [3.63, 3.8) is 0 Å². The largest absolute Gasteiger partial charge is 0.325 e. The molecular formula is C7H6FNO4S. The SMILES string of the molecule is CS(=O)(=O)ON=C1C=CC(=O)C(F)=C1. The van der Waals surface area contributed by atoms with E-state index in [9.17, 15) is 17.6 Å². The molecule has 0 aromatic heterocycles. The molecule has 76 valence electrons. The summed E-state index contributed by atoms with van der Waals surface area (Å²) in [6.45, 7) is 0. The Balaban J connectivity index is 2.83. The Morgan fingerprint density at radius 1 is 1.43 bits per heavy atom. The van der Waals surface area contributed by atoms with Gasteiger partial charge in [0.25, 0.3) is 0 Å². The van der Waals surface area contributed by atoms with Crippen LogP contribution in [0.3, 0.4) is 0 Å². The van der Waals surface area contributed by atoms with Crippen molar-refractivity contribution in [3.8, 4) is 0 Å². The zero-order chi connectivity index (χ0) is 10.8. The van der Waals surface area contributed by atoms with Crippen LogP contribution in [0.4, 0.5) is 4.39 Å². The number of halogens is 1. The molecule has 0 atom stereocenters. The minimum Gasteiger partial charge on any atom is -0.287 e. The molecule has 0 aliphatic heterocycles. The Bertz CT molecular complexity index is 446. The summed E-state index contributed by atoms with van der Waals surface area (Å²) >= 11 is 0. The van der Waals surface area contributed by atoms with E-state index in [0.717, 1.165) is 24.5 Å². The second-order valence-electron chi connectivity index (χ2n) is 2.48. The second-order valence-corrected chi connectivity index (χ2v) is 4.04. The van der Waals surface area contributed by atoms with Crippen LogP contribution in [0.1, 0.15) is 0 Å². The van der Waals surface area contributed by atoms with Gasteiger partial charge in [-0.2, -0.15) is 8.42 Å². The molecular weight excluding hydrogens is 213 g/mol. The second kappa shape index (κ2) is 3.70. The summed E-state index contributed by atoms with van der Waals surface area (Å²) in [4.78, 5) is 10.6. The van der Waals surface area contributed by atoms with Crippen molar-refractivity contribution in [2.45, 2.75) is 0 Å². The van der Waals surface area contributed by atoms with Gasteiger partial charge in [0.1, 0.15) is 5.71 Å². The van der Waals surface area contributed by atoms with Crippen LogP contribution in [0, 0.1) is 0 Å². The van der Waals surface area contributed by atoms with Gasteiger partial charge in [0.05, 0.1) is 6.26 Å². The first-order valence-corrected chi connectivity index (χ1v) is 5.26. The third-order valence-electron chi connectivity index (χ3n) is 1.19. The lowest BCUT2D eigenvalue weighted by Crippen LogP contribution is -2.06. The van der Waals surface area contributed by atoms with Crippen molar-refractivity contribution < 1.29 is 21.9 Å². The Hall–Kier alpha value is -1.50. The first-order valence-electron chi connectivity index (χ1n) is 3.45. The fraction of sp³-hybridized carbons (Fsp3) is 0.143. The van der Waals surface area contributed by atoms with E-state index in [2.05, 4.69) is 9.44 Å². The molecule has 0 unspecified atom stereocenters. The van der Waals surface area contributed by atoms with Gasteiger partial charge in [0.15, 0.2) is 5.83 Å². The minimum absolute atomic E-state index is 0.0764. The summed E-state index contributed by atoms with van der Waals surface area (Å²) in [6.07, 6.45) is 3.67. The number of allylic oxidation sites excluding steroid dienone is 4. The molecule has 0 amide bonds. The quantitative estimate of drug-likeness (QED) is 0.495. The van der Waals surface area contributed by atoms with Crippen LogP contribution in [0.15, 0.2) is 29.2 Å². The van der Waals surface area contributed by atoms with E-state index in [0.29, 0.717) is 0 Å². The van der Waals surface area contributed by atoms with Crippen LogP contribution in [-0.4, -0.2) is 26.2 Å². The van der Waals surface area contributed by atoms with Crippen LogP contribution in [0.25, 0.3) is 0 Å². The fourth-order valence-electron chi connectivity index (χ4n) is 0.657. The van der Waals surface area contributed by atoms with E-state index in [1.54, 1.807) is 0 Å². The van der Waals surface area contributed by atoms with Crippen molar-refractivity contribution in [1.82, 2.24) is 0 Å². The molecule has 14 heavy (non-hydrogen) atoms. The monoisotopic (exact) mass is 219 g/mol. The van der Waals surface area contributed by atoms with Crippen LogP contribution < -0.4 is 0 Å².